The van der Waals surface area contributed by atoms with E-state index in [9.17, 15) is 4.79 Å². The van der Waals surface area contributed by atoms with Gasteiger partial charge < -0.3 is 5.73 Å². The maximum atomic E-state index is 12.3. The van der Waals surface area contributed by atoms with Gasteiger partial charge in [-0.1, -0.05) is 11.8 Å². The summed E-state index contributed by atoms with van der Waals surface area (Å²) in [7, 11) is 0. The first-order valence-electron chi connectivity index (χ1n) is 6.37. The van der Waals surface area contributed by atoms with Crippen molar-refractivity contribution in [2.75, 3.05) is 11.9 Å². The summed E-state index contributed by atoms with van der Waals surface area (Å²) in [4.78, 5) is 24.7. The molecule has 3 N–H and O–H groups in total. The van der Waals surface area contributed by atoms with E-state index in [-0.39, 0.29) is 18.2 Å². The third kappa shape index (κ3) is 3.84. The second-order valence-electron chi connectivity index (χ2n) is 4.33. The van der Waals surface area contributed by atoms with Gasteiger partial charge in [-0.25, -0.2) is 15.0 Å². The number of hydrogen-bond donors (Lipinski definition) is 2. The van der Waals surface area contributed by atoms with Crippen LogP contribution in [-0.4, -0.2) is 27.4 Å². The molecule has 0 aliphatic carbocycles. The normalized spacial score (nSPS) is 9.67. The third-order valence-electron chi connectivity index (χ3n) is 2.56. The molecule has 0 spiro atoms. The summed E-state index contributed by atoms with van der Waals surface area (Å²) in [6, 6.07) is 5.26. The molecule has 0 aliphatic rings. The van der Waals surface area contributed by atoms with E-state index in [0.29, 0.717) is 5.56 Å². The number of pyridine rings is 1. The quantitative estimate of drug-likeness (QED) is 0.802. The zero-order valence-electron chi connectivity index (χ0n) is 11.8. The maximum absolute atomic E-state index is 12.3. The highest BCUT2D eigenvalue weighted by atomic mass is 16.2. The van der Waals surface area contributed by atoms with Crippen molar-refractivity contribution in [2.24, 2.45) is 5.73 Å². The van der Waals surface area contributed by atoms with Crippen molar-refractivity contribution in [1.82, 2.24) is 15.0 Å². The van der Waals surface area contributed by atoms with E-state index in [1.165, 1.54) is 6.20 Å². The molecule has 106 valence electrons. The van der Waals surface area contributed by atoms with Crippen molar-refractivity contribution in [1.29, 1.82) is 0 Å². The number of rotatable bonds is 2. The summed E-state index contributed by atoms with van der Waals surface area (Å²) in [6.07, 6.45) is 1.53. The molecule has 0 saturated heterocycles. The predicted octanol–water partition coefficient (Wildman–Crippen LogP) is 1.05. The molecule has 0 radical (unpaired) electrons. The topological polar surface area (TPSA) is 93.8 Å². The highest BCUT2D eigenvalue weighted by molar-refractivity contribution is 6.03. The Kier molecular flexibility index (Phi) is 4.59. The maximum Gasteiger partial charge on any atom is 0.277 e. The largest absolute Gasteiger partial charge is 0.320 e. The van der Waals surface area contributed by atoms with Crippen LogP contribution in [0.2, 0.25) is 0 Å². The van der Waals surface area contributed by atoms with Crippen LogP contribution in [-0.2, 0) is 0 Å². The molecule has 0 aromatic carbocycles. The lowest BCUT2D eigenvalue weighted by Crippen LogP contribution is -2.17. The van der Waals surface area contributed by atoms with Crippen molar-refractivity contribution < 1.29 is 4.79 Å². The molecule has 0 unspecified atom stereocenters. The zero-order chi connectivity index (χ0) is 15.2. The first-order valence-corrected chi connectivity index (χ1v) is 6.37. The second kappa shape index (κ2) is 6.59. The number of aromatic nitrogens is 3. The molecule has 0 aliphatic heterocycles. The van der Waals surface area contributed by atoms with Gasteiger partial charge in [0.05, 0.1) is 12.1 Å². The van der Waals surface area contributed by atoms with Crippen LogP contribution in [0.1, 0.15) is 27.4 Å². The number of carbonyl (C=O) groups excluding carboxylic acids is 1. The van der Waals surface area contributed by atoms with E-state index in [4.69, 9.17) is 5.73 Å². The lowest BCUT2D eigenvalue weighted by molar-refractivity contribution is 0.102. The molecule has 6 nitrogen and oxygen atoms in total. The van der Waals surface area contributed by atoms with Crippen LogP contribution in [0.5, 0.6) is 0 Å². The fourth-order valence-corrected chi connectivity index (χ4v) is 1.78. The van der Waals surface area contributed by atoms with E-state index in [1.807, 2.05) is 19.9 Å². The Hall–Kier alpha value is -2.78. The van der Waals surface area contributed by atoms with E-state index in [1.54, 1.807) is 12.1 Å². The molecule has 2 aromatic heterocycles. The summed E-state index contributed by atoms with van der Waals surface area (Å²) < 4.78 is 0. The van der Waals surface area contributed by atoms with Gasteiger partial charge in [-0.15, -0.1) is 0 Å². The fraction of sp³-hybridized carbons (Fsp3) is 0.200. The van der Waals surface area contributed by atoms with Crippen LogP contribution in [0.25, 0.3) is 0 Å². The molecule has 0 saturated carbocycles. The van der Waals surface area contributed by atoms with Crippen LogP contribution >= 0.6 is 0 Å². The Bertz CT molecular complexity index is 710. The van der Waals surface area contributed by atoms with E-state index in [2.05, 4.69) is 32.1 Å². The number of carbonyl (C=O) groups is 1. The van der Waals surface area contributed by atoms with Gasteiger partial charge in [-0.3, -0.25) is 10.1 Å². The first-order chi connectivity index (χ1) is 10.1. The summed E-state index contributed by atoms with van der Waals surface area (Å²) in [6.45, 7) is 3.89. The SMILES string of the molecule is Cc1cc(C)nc(NC(=O)c2ncccc2C#CCN)n1. The molecular formula is C15H15N5O. The number of nitrogens with two attached hydrogens (primary N) is 1. The molecular weight excluding hydrogens is 266 g/mol. The summed E-state index contributed by atoms with van der Waals surface area (Å²) in [5, 5.41) is 2.63. The first kappa shape index (κ1) is 14.6. The van der Waals surface area contributed by atoms with E-state index < -0.39 is 5.91 Å². The van der Waals surface area contributed by atoms with Crippen LogP contribution < -0.4 is 11.1 Å². The minimum absolute atomic E-state index is 0.218. The monoisotopic (exact) mass is 281 g/mol. The Labute approximate surface area is 122 Å². The van der Waals surface area contributed by atoms with Gasteiger partial charge >= 0.3 is 0 Å². The standard InChI is InChI=1S/C15H15N5O/c1-10-9-11(2)19-15(18-10)20-14(21)13-12(5-3-7-16)6-4-8-17-13/h4,6,8-9H,7,16H2,1-2H3,(H,18,19,20,21). The molecule has 2 heterocycles. The van der Waals surface area contributed by atoms with E-state index in [0.717, 1.165) is 11.4 Å². The van der Waals surface area contributed by atoms with Crippen LogP contribution in [0.15, 0.2) is 24.4 Å². The Morgan fingerprint density at radius 3 is 2.71 bits per heavy atom. The molecule has 6 heteroatoms. The zero-order valence-corrected chi connectivity index (χ0v) is 11.8. The summed E-state index contributed by atoms with van der Waals surface area (Å²) in [5.74, 6) is 5.38. The third-order valence-corrected chi connectivity index (χ3v) is 2.56. The number of amides is 1. The highest BCUT2D eigenvalue weighted by Gasteiger charge is 2.13. The number of nitrogens with one attached hydrogen (secondary N) is 1. The van der Waals surface area contributed by atoms with Crippen molar-refractivity contribution >= 4 is 11.9 Å². The molecule has 2 aromatic rings. The van der Waals surface area contributed by atoms with Gasteiger partial charge in [0.1, 0.15) is 5.69 Å². The van der Waals surface area contributed by atoms with Crippen molar-refractivity contribution in [2.45, 2.75) is 13.8 Å². The lowest BCUT2D eigenvalue weighted by atomic mass is 10.2. The molecule has 1 amide bonds. The second-order valence-corrected chi connectivity index (χ2v) is 4.33. The van der Waals surface area contributed by atoms with Gasteiger partial charge in [0.25, 0.3) is 5.91 Å². The van der Waals surface area contributed by atoms with Crippen molar-refractivity contribution in [3.8, 4) is 11.8 Å². The van der Waals surface area contributed by atoms with Crippen LogP contribution in [0.4, 0.5) is 5.95 Å². The average molecular weight is 281 g/mol. The van der Waals surface area contributed by atoms with Gasteiger partial charge in [0.2, 0.25) is 5.95 Å². The number of hydrogen-bond acceptors (Lipinski definition) is 5. The van der Waals surface area contributed by atoms with Crippen LogP contribution in [0.3, 0.4) is 0 Å². The minimum Gasteiger partial charge on any atom is -0.320 e. The summed E-state index contributed by atoms with van der Waals surface area (Å²) >= 11 is 0. The average Bonchev–Trinajstić information content (AvgIpc) is 2.44. The minimum atomic E-state index is -0.401. The molecule has 0 fully saturated rings. The molecule has 21 heavy (non-hydrogen) atoms. The van der Waals surface area contributed by atoms with Gasteiger partial charge in [-0.05, 0) is 32.0 Å². The Balaban J connectivity index is 2.28. The number of anilines is 1. The number of aryl methyl sites for hydroxylation is 2. The molecule has 0 atom stereocenters. The van der Waals surface area contributed by atoms with Gasteiger partial charge in [-0.2, -0.15) is 0 Å². The van der Waals surface area contributed by atoms with Gasteiger partial charge in [0.15, 0.2) is 0 Å². The highest BCUT2D eigenvalue weighted by Crippen LogP contribution is 2.08. The fourth-order valence-electron chi connectivity index (χ4n) is 1.78. The van der Waals surface area contributed by atoms with Crippen LogP contribution in [0, 0.1) is 25.7 Å². The van der Waals surface area contributed by atoms with Crippen molar-refractivity contribution in [3.63, 3.8) is 0 Å². The van der Waals surface area contributed by atoms with Gasteiger partial charge in [0, 0.05) is 17.6 Å². The predicted molar refractivity (Wildman–Crippen MR) is 79.6 cm³/mol. The van der Waals surface area contributed by atoms with E-state index >= 15 is 0 Å². The van der Waals surface area contributed by atoms with Crippen molar-refractivity contribution in [3.05, 3.63) is 47.0 Å². The number of nitrogens with zero attached hydrogens (tertiary/aromatic N) is 3. The molecule has 0 bridgehead atoms. The molecule has 2 rings (SSSR count). The Morgan fingerprint density at radius 1 is 1.33 bits per heavy atom. The Morgan fingerprint density at radius 2 is 2.05 bits per heavy atom. The lowest BCUT2D eigenvalue weighted by Gasteiger charge is -2.06. The smallest absolute Gasteiger partial charge is 0.277 e. The summed E-state index contributed by atoms with van der Waals surface area (Å²) in [5.41, 5.74) is 7.65.